The first-order valence-electron chi connectivity index (χ1n) is 5.93. The van der Waals surface area contributed by atoms with Gasteiger partial charge in [-0.3, -0.25) is 0 Å². The fourth-order valence-electron chi connectivity index (χ4n) is 1.79. The zero-order valence-electron chi connectivity index (χ0n) is 10.9. The van der Waals surface area contributed by atoms with Crippen LogP contribution in [0.1, 0.15) is 18.1 Å². The predicted octanol–water partition coefficient (Wildman–Crippen LogP) is 2.16. The Labute approximate surface area is 112 Å². The molecule has 1 aromatic heterocycles. The molecule has 0 saturated carbocycles. The molecule has 18 heavy (non-hydrogen) atoms. The van der Waals surface area contributed by atoms with Crippen molar-refractivity contribution in [1.29, 1.82) is 0 Å². The molecule has 1 aromatic carbocycles. The largest absolute Gasteiger partial charge is 0.328 e. The second-order valence-electron chi connectivity index (χ2n) is 4.54. The van der Waals surface area contributed by atoms with Crippen molar-refractivity contribution in [2.75, 3.05) is 0 Å². The Morgan fingerprint density at radius 3 is 2.78 bits per heavy atom. The molecule has 0 bridgehead atoms. The maximum atomic E-state index is 5.83. The highest BCUT2D eigenvalue weighted by Crippen LogP contribution is 2.27. The molecule has 4 nitrogen and oxygen atoms in total. The average molecular weight is 262 g/mol. The molecule has 1 unspecified atom stereocenters. The summed E-state index contributed by atoms with van der Waals surface area (Å²) < 4.78 is 1.77. The van der Waals surface area contributed by atoms with E-state index in [1.165, 1.54) is 16.0 Å². The third-order valence-electron chi connectivity index (χ3n) is 2.73. The Kier molecular flexibility index (Phi) is 4.04. The normalized spacial score (nSPS) is 12.7. The molecule has 2 aromatic rings. The summed E-state index contributed by atoms with van der Waals surface area (Å²) in [6, 6.07) is 6.64. The summed E-state index contributed by atoms with van der Waals surface area (Å²) >= 11 is 1.62. The zero-order chi connectivity index (χ0) is 13.1. The van der Waals surface area contributed by atoms with Crippen LogP contribution in [0.15, 0.2) is 34.6 Å². The van der Waals surface area contributed by atoms with Crippen molar-refractivity contribution in [2.45, 2.75) is 36.4 Å². The van der Waals surface area contributed by atoms with Crippen LogP contribution in [0, 0.1) is 6.92 Å². The van der Waals surface area contributed by atoms with Crippen molar-refractivity contribution >= 4 is 11.8 Å². The van der Waals surface area contributed by atoms with Crippen LogP contribution in [-0.4, -0.2) is 20.8 Å². The van der Waals surface area contributed by atoms with Crippen molar-refractivity contribution in [3.05, 3.63) is 35.7 Å². The number of benzene rings is 1. The Balaban J connectivity index is 2.16. The minimum absolute atomic E-state index is 0.195. The first-order chi connectivity index (χ1) is 8.56. The van der Waals surface area contributed by atoms with Gasteiger partial charge in [0.1, 0.15) is 6.33 Å². The molecular weight excluding hydrogens is 244 g/mol. The molecule has 0 fully saturated rings. The van der Waals surface area contributed by atoms with Crippen LogP contribution in [0.4, 0.5) is 0 Å². The van der Waals surface area contributed by atoms with Gasteiger partial charge in [0.2, 0.25) is 0 Å². The van der Waals surface area contributed by atoms with Crippen molar-refractivity contribution in [3.8, 4) is 0 Å². The van der Waals surface area contributed by atoms with E-state index in [2.05, 4.69) is 35.2 Å². The zero-order valence-corrected chi connectivity index (χ0v) is 11.7. The van der Waals surface area contributed by atoms with Crippen LogP contribution in [0.3, 0.4) is 0 Å². The Bertz CT molecular complexity index is 534. The SMILES string of the molecule is Cc1cc(Sc2ncnn2C)ccc1CC(C)N. The second kappa shape index (κ2) is 5.54. The summed E-state index contributed by atoms with van der Waals surface area (Å²) in [7, 11) is 1.90. The number of aryl methyl sites for hydroxylation is 2. The van der Waals surface area contributed by atoms with Crippen molar-refractivity contribution in [2.24, 2.45) is 12.8 Å². The quantitative estimate of drug-likeness (QED) is 0.917. The van der Waals surface area contributed by atoms with E-state index in [9.17, 15) is 0 Å². The molecule has 2 N–H and O–H groups in total. The number of nitrogens with zero attached hydrogens (tertiary/aromatic N) is 3. The summed E-state index contributed by atoms with van der Waals surface area (Å²) in [5.74, 6) is 0. The lowest BCUT2D eigenvalue weighted by Gasteiger charge is -2.10. The van der Waals surface area contributed by atoms with Gasteiger partial charge in [-0.05, 0) is 43.5 Å². The third kappa shape index (κ3) is 3.11. The summed E-state index contributed by atoms with van der Waals surface area (Å²) in [6.45, 7) is 4.15. The predicted molar refractivity (Wildman–Crippen MR) is 73.7 cm³/mol. The van der Waals surface area contributed by atoms with E-state index in [-0.39, 0.29) is 6.04 Å². The molecule has 0 amide bonds. The van der Waals surface area contributed by atoms with Crippen molar-refractivity contribution < 1.29 is 0 Å². The maximum absolute atomic E-state index is 5.83. The van der Waals surface area contributed by atoms with E-state index in [1.54, 1.807) is 22.8 Å². The third-order valence-corrected chi connectivity index (χ3v) is 3.78. The van der Waals surface area contributed by atoms with Crippen LogP contribution in [0.2, 0.25) is 0 Å². The van der Waals surface area contributed by atoms with E-state index in [0.717, 1.165) is 11.6 Å². The fraction of sp³-hybridized carbons (Fsp3) is 0.385. The summed E-state index contributed by atoms with van der Waals surface area (Å²) in [6.07, 6.45) is 2.49. The lowest BCUT2D eigenvalue weighted by Crippen LogP contribution is -2.18. The summed E-state index contributed by atoms with van der Waals surface area (Å²) in [4.78, 5) is 5.38. The van der Waals surface area contributed by atoms with Crippen LogP contribution in [0.25, 0.3) is 0 Å². The highest BCUT2D eigenvalue weighted by molar-refractivity contribution is 7.99. The molecule has 0 aliphatic heterocycles. The van der Waals surface area contributed by atoms with Gasteiger partial charge in [0.25, 0.3) is 0 Å². The molecule has 0 aliphatic rings. The lowest BCUT2D eigenvalue weighted by atomic mass is 10.0. The molecule has 2 rings (SSSR count). The first kappa shape index (κ1) is 13.1. The van der Waals surface area contributed by atoms with Crippen LogP contribution in [0.5, 0.6) is 0 Å². The summed E-state index contributed by atoms with van der Waals surface area (Å²) in [5.41, 5.74) is 8.42. The van der Waals surface area contributed by atoms with Gasteiger partial charge in [-0.2, -0.15) is 5.10 Å². The molecule has 0 aliphatic carbocycles. The number of rotatable bonds is 4. The lowest BCUT2D eigenvalue weighted by molar-refractivity contribution is 0.685. The molecule has 0 saturated heterocycles. The Hall–Kier alpha value is -1.33. The van der Waals surface area contributed by atoms with E-state index < -0.39 is 0 Å². The number of aromatic nitrogens is 3. The highest BCUT2D eigenvalue weighted by Gasteiger charge is 2.06. The van der Waals surface area contributed by atoms with Crippen molar-refractivity contribution in [1.82, 2.24) is 14.8 Å². The Morgan fingerprint density at radius 1 is 1.44 bits per heavy atom. The molecule has 5 heteroatoms. The maximum Gasteiger partial charge on any atom is 0.190 e. The first-order valence-corrected chi connectivity index (χ1v) is 6.75. The van der Waals surface area contributed by atoms with Crippen LogP contribution in [-0.2, 0) is 13.5 Å². The van der Waals surface area contributed by atoms with E-state index >= 15 is 0 Å². The van der Waals surface area contributed by atoms with Crippen LogP contribution >= 0.6 is 11.8 Å². The van der Waals surface area contributed by atoms with Gasteiger partial charge in [-0.25, -0.2) is 9.67 Å². The topological polar surface area (TPSA) is 56.7 Å². The van der Waals surface area contributed by atoms with Gasteiger partial charge in [-0.1, -0.05) is 17.8 Å². The fourth-order valence-corrected chi connectivity index (χ4v) is 2.65. The van der Waals surface area contributed by atoms with Gasteiger partial charge < -0.3 is 5.73 Å². The number of hydrogen-bond donors (Lipinski definition) is 1. The van der Waals surface area contributed by atoms with Crippen LogP contribution < -0.4 is 5.73 Å². The standard InChI is InChI=1S/C13H18N4S/c1-9-6-12(5-4-11(9)7-10(2)14)18-13-15-8-16-17(13)3/h4-6,8,10H,7,14H2,1-3H3. The monoisotopic (exact) mass is 262 g/mol. The smallest absolute Gasteiger partial charge is 0.190 e. The average Bonchev–Trinajstić information content (AvgIpc) is 2.68. The number of hydrogen-bond acceptors (Lipinski definition) is 4. The Morgan fingerprint density at radius 2 is 2.22 bits per heavy atom. The molecule has 1 heterocycles. The van der Waals surface area contributed by atoms with Gasteiger partial charge in [0.15, 0.2) is 5.16 Å². The van der Waals surface area contributed by atoms with E-state index in [0.29, 0.717) is 0 Å². The number of nitrogens with two attached hydrogens (primary N) is 1. The van der Waals surface area contributed by atoms with E-state index in [1.807, 2.05) is 14.0 Å². The van der Waals surface area contributed by atoms with E-state index in [4.69, 9.17) is 5.73 Å². The molecular formula is C13H18N4S. The van der Waals surface area contributed by atoms with Gasteiger partial charge in [0, 0.05) is 18.0 Å². The summed E-state index contributed by atoms with van der Waals surface area (Å²) in [5, 5.41) is 4.96. The molecule has 1 atom stereocenters. The molecule has 0 radical (unpaired) electrons. The minimum Gasteiger partial charge on any atom is -0.328 e. The van der Waals surface area contributed by atoms with Gasteiger partial charge >= 0.3 is 0 Å². The molecule has 96 valence electrons. The van der Waals surface area contributed by atoms with Gasteiger partial charge in [-0.15, -0.1) is 0 Å². The highest BCUT2D eigenvalue weighted by atomic mass is 32.2. The minimum atomic E-state index is 0.195. The second-order valence-corrected chi connectivity index (χ2v) is 5.58. The van der Waals surface area contributed by atoms with Gasteiger partial charge in [0.05, 0.1) is 0 Å². The molecule has 0 spiro atoms. The van der Waals surface area contributed by atoms with Crippen molar-refractivity contribution in [3.63, 3.8) is 0 Å².